The first kappa shape index (κ1) is 30.5. The van der Waals surface area contributed by atoms with Crippen LogP contribution < -0.4 is 10.6 Å². The smallest absolute Gasteiger partial charge is 0.374 e. The zero-order valence-corrected chi connectivity index (χ0v) is 23.1. The first-order valence-corrected chi connectivity index (χ1v) is 13.0. The number of aliphatic hydroxyl groups excluding tert-OH is 1. The number of aromatic hydroxyl groups is 1. The van der Waals surface area contributed by atoms with Gasteiger partial charge in [0, 0.05) is 18.6 Å². The number of hydrogen-bond donors (Lipinski definition) is 4. The van der Waals surface area contributed by atoms with Gasteiger partial charge in [-0.2, -0.15) is 0 Å². The molecule has 2 aromatic rings. The van der Waals surface area contributed by atoms with Gasteiger partial charge in [-0.25, -0.2) is 9.78 Å². The lowest BCUT2D eigenvalue weighted by Gasteiger charge is -2.32. The quantitative estimate of drug-likeness (QED) is 0.304. The molecular formula is C27H31ClN4O8. The van der Waals surface area contributed by atoms with Crippen LogP contribution in [0.5, 0.6) is 5.75 Å². The zero-order chi connectivity index (χ0) is 29.6. The predicted octanol–water partition coefficient (Wildman–Crippen LogP) is 1.83. The van der Waals surface area contributed by atoms with Crippen molar-refractivity contribution in [2.24, 2.45) is 5.92 Å². The molecule has 1 aliphatic heterocycles. The summed E-state index contributed by atoms with van der Waals surface area (Å²) in [6.45, 7) is 6.08. The summed E-state index contributed by atoms with van der Waals surface area (Å²) in [5, 5.41) is 26.3. The lowest BCUT2D eigenvalue weighted by Crippen LogP contribution is -2.59. The minimum atomic E-state index is -1.52. The number of pyridine rings is 2. The van der Waals surface area contributed by atoms with E-state index in [0.29, 0.717) is 17.6 Å². The number of allylic oxidation sites excluding steroid dienone is 1. The molecule has 0 aliphatic carbocycles. The van der Waals surface area contributed by atoms with Gasteiger partial charge in [-0.15, -0.1) is 0 Å². The second-order valence-electron chi connectivity index (χ2n) is 9.40. The normalized spacial score (nSPS) is 25.4. The zero-order valence-electron chi connectivity index (χ0n) is 22.4. The van der Waals surface area contributed by atoms with Crippen LogP contribution in [0.4, 0.5) is 0 Å². The van der Waals surface area contributed by atoms with E-state index in [1.54, 1.807) is 38.4 Å². The van der Waals surface area contributed by atoms with Crippen LogP contribution in [-0.2, 0) is 30.3 Å². The maximum absolute atomic E-state index is 13.6. The molecule has 1 fully saturated rings. The van der Waals surface area contributed by atoms with Crippen LogP contribution >= 0.6 is 11.6 Å². The van der Waals surface area contributed by atoms with Gasteiger partial charge in [0.2, 0.25) is 11.7 Å². The summed E-state index contributed by atoms with van der Waals surface area (Å²) in [6, 6.07) is 2.12. The molecule has 3 heterocycles. The molecule has 2 aromatic heterocycles. The fourth-order valence-electron chi connectivity index (χ4n) is 3.94. The van der Waals surface area contributed by atoms with Gasteiger partial charge in [-0.3, -0.25) is 19.4 Å². The number of carbonyl (C=O) groups is 4. The Balaban J connectivity index is 2.04. The van der Waals surface area contributed by atoms with Gasteiger partial charge in [0.15, 0.2) is 11.4 Å². The Morgan fingerprint density at radius 3 is 2.58 bits per heavy atom. The second kappa shape index (κ2) is 13.4. The lowest BCUT2D eigenvalue weighted by atomic mass is 9.92. The van der Waals surface area contributed by atoms with Crippen molar-refractivity contribution >= 4 is 35.4 Å². The Morgan fingerprint density at radius 1 is 1.20 bits per heavy atom. The highest BCUT2D eigenvalue weighted by molar-refractivity contribution is 6.32. The standard InChI is InChI=1S/C27H31ClN4O8/c1-5-13(2)23-27(38)39-15(4)19(32-25(36)20-22(34)17(28)8-10-30-20)24(35)31-18(11-16-7-6-9-29-12-16)21(33)14(3)26(37)40-23/h6-10,12,14-15,18-19,21,33-34H,5,11H2,1-4H3,(H,31,35)(H,32,36)/b23-13-/t14-,15-,18+,19+,21+/m1/s1. The van der Waals surface area contributed by atoms with Crippen LogP contribution in [0.15, 0.2) is 48.1 Å². The second-order valence-corrected chi connectivity index (χ2v) is 9.80. The Hall–Kier alpha value is -4.03. The molecule has 214 valence electrons. The molecule has 0 unspecified atom stereocenters. The third-order valence-electron chi connectivity index (χ3n) is 6.53. The van der Waals surface area contributed by atoms with E-state index in [0.717, 1.165) is 0 Å². The summed E-state index contributed by atoms with van der Waals surface area (Å²) in [4.78, 5) is 60.5. The number of nitrogens with zero attached hydrogens (tertiary/aromatic N) is 2. The van der Waals surface area contributed by atoms with Crippen molar-refractivity contribution in [3.8, 4) is 5.75 Å². The predicted molar refractivity (Wildman–Crippen MR) is 142 cm³/mol. The minimum absolute atomic E-state index is 0.0700. The van der Waals surface area contributed by atoms with Gasteiger partial charge in [0.05, 0.1) is 23.1 Å². The molecule has 1 aliphatic rings. The largest absolute Gasteiger partial charge is 0.504 e. The molecule has 13 heteroatoms. The van der Waals surface area contributed by atoms with E-state index in [4.69, 9.17) is 21.1 Å². The van der Waals surface area contributed by atoms with Crippen LogP contribution in [0, 0.1) is 5.92 Å². The number of rotatable bonds is 5. The number of ether oxygens (including phenoxy) is 2. The highest BCUT2D eigenvalue weighted by Gasteiger charge is 2.39. The molecule has 0 spiro atoms. The van der Waals surface area contributed by atoms with Crippen LogP contribution in [0.1, 0.15) is 50.2 Å². The lowest BCUT2D eigenvalue weighted by molar-refractivity contribution is -0.161. The maximum atomic E-state index is 13.6. The molecule has 3 rings (SSSR count). The summed E-state index contributed by atoms with van der Waals surface area (Å²) >= 11 is 5.90. The molecule has 2 amide bonds. The SMILES string of the molecule is CC/C(C)=C1\OC(=O)[C@H](C)[C@H](O)[C@H](Cc2cccnc2)NC(=O)[C@@H](NC(=O)c2nccc(Cl)c2O)[C@@H](C)OC1=O. The summed E-state index contributed by atoms with van der Waals surface area (Å²) in [5.74, 6) is -5.88. The van der Waals surface area contributed by atoms with Crippen LogP contribution in [0.25, 0.3) is 0 Å². The van der Waals surface area contributed by atoms with Gasteiger partial charge in [-0.05, 0) is 56.9 Å². The first-order valence-electron chi connectivity index (χ1n) is 12.6. The van der Waals surface area contributed by atoms with E-state index >= 15 is 0 Å². The molecule has 0 bridgehead atoms. The number of hydrogen-bond acceptors (Lipinski definition) is 10. The van der Waals surface area contributed by atoms with Crippen molar-refractivity contribution < 1.29 is 38.9 Å². The number of esters is 2. The van der Waals surface area contributed by atoms with Gasteiger partial charge in [0.1, 0.15) is 12.1 Å². The average Bonchev–Trinajstić information content (AvgIpc) is 2.93. The summed E-state index contributed by atoms with van der Waals surface area (Å²) in [5.41, 5.74) is 0.589. The highest BCUT2D eigenvalue weighted by Crippen LogP contribution is 2.25. The Kier molecular flexibility index (Phi) is 10.2. The summed E-state index contributed by atoms with van der Waals surface area (Å²) < 4.78 is 10.9. The van der Waals surface area contributed by atoms with Gasteiger partial charge >= 0.3 is 11.9 Å². The number of aromatic nitrogens is 2. The Labute approximate surface area is 235 Å². The first-order chi connectivity index (χ1) is 18.9. The third kappa shape index (κ3) is 7.13. The fourth-order valence-corrected chi connectivity index (χ4v) is 4.09. The average molecular weight is 575 g/mol. The van der Waals surface area contributed by atoms with Crippen molar-refractivity contribution in [3.05, 3.63) is 64.4 Å². The molecule has 0 aromatic carbocycles. The van der Waals surface area contributed by atoms with Crippen LogP contribution in [-0.4, -0.2) is 68.2 Å². The number of carbonyl (C=O) groups excluding carboxylic acids is 4. The maximum Gasteiger partial charge on any atom is 0.374 e. The molecule has 40 heavy (non-hydrogen) atoms. The number of halogens is 1. The number of cyclic esters (lactones) is 2. The summed E-state index contributed by atoms with van der Waals surface area (Å²) in [6.07, 6.45) is 1.95. The fraction of sp³-hybridized carbons (Fsp3) is 0.407. The number of amides is 2. The molecule has 0 radical (unpaired) electrons. The summed E-state index contributed by atoms with van der Waals surface area (Å²) in [7, 11) is 0. The number of aliphatic hydroxyl groups is 1. The van der Waals surface area contributed by atoms with E-state index in [1.165, 1.54) is 26.1 Å². The van der Waals surface area contributed by atoms with E-state index in [-0.39, 0.29) is 17.2 Å². The molecule has 0 saturated carbocycles. The van der Waals surface area contributed by atoms with Crippen molar-refractivity contribution in [3.63, 3.8) is 0 Å². The van der Waals surface area contributed by atoms with Crippen LogP contribution in [0.3, 0.4) is 0 Å². The Morgan fingerprint density at radius 2 is 1.93 bits per heavy atom. The highest BCUT2D eigenvalue weighted by atomic mass is 35.5. The molecule has 1 saturated heterocycles. The van der Waals surface area contributed by atoms with Crippen LogP contribution in [0.2, 0.25) is 5.02 Å². The van der Waals surface area contributed by atoms with Crippen molar-refractivity contribution in [2.45, 2.75) is 64.8 Å². The van der Waals surface area contributed by atoms with Crippen molar-refractivity contribution in [1.29, 1.82) is 0 Å². The molecule has 12 nitrogen and oxygen atoms in total. The van der Waals surface area contributed by atoms with Gasteiger partial charge in [0.25, 0.3) is 5.91 Å². The molecule has 5 atom stereocenters. The third-order valence-corrected chi connectivity index (χ3v) is 6.83. The van der Waals surface area contributed by atoms with E-state index in [1.807, 2.05) is 0 Å². The molecule has 4 N–H and O–H groups in total. The van der Waals surface area contributed by atoms with E-state index < -0.39 is 65.4 Å². The van der Waals surface area contributed by atoms with E-state index in [9.17, 15) is 29.4 Å². The Bertz CT molecular complexity index is 1300. The number of nitrogens with one attached hydrogen (secondary N) is 2. The molecular weight excluding hydrogens is 544 g/mol. The van der Waals surface area contributed by atoms with Gasteiger partial charge < -0.3 is 30.3 Å². The minimum Gasteiger partial charge on any atom is -0.504 e. The van der Waals surface area contributed by atoms with Gasteiger partial charge in [-0.1, -0.05) is 24.6 Å². The van der Waals surface area contributed by atoms with Crippen molar-refractivity contribution in [1.82, 2.24) is 20.6 Å². The van der Waals surface area contributed by atoms with E-state index in [2.05, 4.69) is 20.6 Å². The van der Waals surface area contributed by atoms with Crippen molar-refractivity contribution in [2.75, 3.05) is 0 Å². The topological polar surface area (TPSA) is 177 Å². The monoisotopic (exact) mass is 574 g/mol.